The van der Waals surface area contributed by atoms with Gasteiger partial charge in [-0.15, -0.1) is 0 Å². The Morgan fingerprint density at radius 2 is 1.76 bits per heavy atom. The van der Waals surface area contributed by atoms with E-state index in [1.165, 1.54) is 26.2 Å². The van der Waals surface area contributed by atoms with Crippen LogP contribution in [0.2, 0.25) is 0 Å². The van der Waals surface area contributed by atoms with E-state index in [-0.39, 0.29) is 29.9 Å². The molecule has 1 amide bonds. The van der Waals surface area contributed by atoms with Gasteiger partial charge in [0.05, 0.1) is 28.4 Å². The molecule has 0 radical (unpaired) electrons. The highest BCUT2D eigenvalue weighted by Gasteiger charge is 2.21. The zero-order valence-electron chi connectivity index (χ0n) is 20.1. The van der Waals surface area contributed by atoms with Crippen molar-refractivity contribution < 1.29 is 22.7 Å². The fourth-order valence-corrected chi connectivity index (χ4v) is 4.45. The molecule has 0 N–H and O–H groups in total. The van der Waals surface area contributed by atoms with Crippen LogP contribution in [0.1, 0.15) is 30.8 Å². The van der Waals surface area contributed by atoms with Crippen LogP contribution in [0.4, 0.5) is 0 Å². The predicted octanol–water partition coefficient (Wildman–Crippen LogP) is 2.52. The molecule has 0 aliphatic heterocycles. The van der Waals surface area contributed by atoms with Crippen molar-refractivity contribution in [2.75, 3.05) is 27.7 Å². The molecule has 0 fully saturated rings. The number of hydrogen-bond donors (Lipinski definition) is 0. The average molecular weight is 487 g/mol. The number of aryl methyl sites for hydroxylation is 2. The standard InChI is InChI=1S/C24H30N4O5S/c1-17(18-9-7-6-8-10-18)27(4)23(29)16-33-24(30)14-13-22-25-20-15-19(34(31,32)26(2)3)11-12-21(20)28(22)5/h6-12,15,17H,13-14,16H2,1-5H3. The molecule has 182 valence electrons. The molecular formula is C24H30N4O5S. The fraction of sp³-hybridized carbons (Fsp3) is 0.375. The number of carbonyl (C=O) groups is 2. The molecule has 1 atom stereocenters. The quantitative estimate of drug-likeness (QED) is 0.431. The average Bonchev–Trinajstić information content (AvgIpc) is 3.15. The summed E-state index contributed by atoms with van der Waals surface area (Å²) in [7, 11) is 2.86. The lowest BCUT2D eigenvalue weighted by Crippen LogP contribution is -2.33. The summed E-state index contributed by atoms with van der Waals surface area (Å²) >= 11 is 0. The first-order valence-electron chi connectivity index (χ1n) is 10.9. The monoisotopic (exact) mass is 486 g/mol. The number of esters is 1. The highest BCUT2D eigenvalue weighted by atomic mass is 32.2. The Labute approximate surface area is 200 Å². The lowest BCUT2D eigenvalue weighted by molar-refractivity contribution is -0.152. The second kappa shape index (κ2) is 10.4. The molecule has 0 bridgehead atoms. The summed E-state index contributed by atoms with van der Waals surface area (Å²) in [6, 6.07) is 14.2. The molecule has 34 heavy (non-hydrogen) atoms. The number of likely N-dealkylation sites (N-methyl/N-ethyl adjacent to an activating group) is 1. The van der Waals surface area contributed by atoms with Gasteiger partial charge in [0.15, 0.2) is 6.61 Å². The van der Waals surface area contributed by atoms with E-state index in [9.17, 15) is 18.0 Å². The smallest absolute Gasteiger partial charge is 0.306 e. The molecule has 3 aromatic rings. The van der Waals surface area contributed by atoms with E-state index < -0.39 is 16.0 Å². The van der Waals surface area contributed by atoms with Crippen molar-refractivity contribution in [3.05, 3.63) is 59.9 Å². The molecule has 0 spiro atoms. The second-order valence-corrected chi connectivity index (χ2v) is 10.4. The summed E-state index contributed by atoms with van der Waals surface area (Å²) in [5.74, 6) is -0.174. The molecule has 0 saturated heterocycles. The Balaban J connectivity index is 1.58. The zero-order valence-corrected chi connectivity index (χ0v) is 20.9. The number of nitrogens with zero attached hydrogens (tertiary/aromatic N) is 4. The van der Waals surface area contributed by atoms with Crippen LogP contribution in [-0.2, 0) is 37.8 Å². The van der Waals surface area contributed by atoms with Gasteiger partial charge < -0.3 is 14.2 Å². The highest BCUT2D eigenvalue weighted by molar-refractivity contribution is 7.89. The van der Waals surface area contributed by atoms with Crippen LogP contribution in [-0.4, -0.2) is 66.8 Å². The summed E-state index contributed by atoms with van der Waals surface area (Å²) in [5, 5.41) is 0. The number of rotatable bonds is 9. The summed E-state index contributed by atoms with van der Waals surface area (Å²) in [6.45, 7) is 1.58. The van der Waals surface area contributed by atoms with Gasteiger partial charge >= 0.3 is 5.97 Å². The van der Waals surface area contributed by atoms with Crippen LogP contribution >= 0.6 is 0 Å². The molecular weight excluding hydrogens is 456 g/mol. The van der Waals surface area contributed by atoms with E-state index in [4.69, 9.17) is 4.74 Å². The maximum atomic E-state index is 12.4. The number of imidazole rings is 1. The first-order valence-corrected chi connectivity index (χ1v) is 12.3. The van der Waals surface area contributed by atoms with Gasteiger partial charge in [-0.3, -0.25) is 9.59 Å². The summed E-state index contributed by atoms with van der Waals surface area (Å²) in [6.07, 6.45) is 0.343. The normalized spacial score (nSPS) is 12.6. The Bertz CT molecular complexity index is 1290. The number of ether oxygens (including phenoxy) is 1. The number of aromatic nitrogens is 2. The summed E-state index contributed by atoms with van der Waals surface area (Å²) in [4.78, 5) is 30.9. The zero-order chi connectivity index (χ0) is 25.0. The minimum absolute atomic E-state index is 0.0469. The van der Waals surface area contributed by atoms with E-state index in [0.717, 1.165) is 15.4 Å². The van der Waals surface area contributed by atoms with Crippen molar-refractivity contribution in [1.82, 2.24) is 18.8 Å². The van der Waals surface area contributed by atoms with Gasteiger partial charge in [-0.1, -0.05) is 30.3 Å². The minimum Gasteiger partial charge on any atom is -0.456 e. The fourth-order valence-electron chi connectivity index (χ4n) is 3.53. The molecule has 1 unspecified atom stereocenters. The van der Waals surface area contributed by atoms with Gasteiger partial charge in [-0.05, 0) is 30.7 Å². The van der Waals surface area contributed by atoms with Gasteiger partial charge in [0, 0.05) is 34.6 Å². The molecule has 0 saturated carbocycles. The molecule has 0 aliphatic rings. The van der Waals surface area contributed by atoms with Gasteiger partial charge in [-0.25, -0.2) is 17.7 Å². The van der Waals surface area contributed by atoms with E-state index >= 15 is 0 Å². The maximum absolute atomic E-state index is 12.4. The number of amides is 1. The highest BCUT2D eigenvalue weighted by Crippen LogP contribution is 2.22. The van der Waals surface area contributed by atoms with E-state index in [1.54, 1.807) is 25.1 Å². The number of benzene rings is 2. The van der Waals surface area contributed by atoms with Crippen molar-refractivity contribution in [1.29, 1.82) is 0 Å². The van der Waals surface area contributed by atoms with Gasteiger partial charge in [0.2, 0.25) is 10.0 Å². The van der Waals surface area contributed by atoms with E-state index in [0.29, 0.717) is 17.8 Å². The Hall–Kier alpha value is -3.24. The third-order valence-electron chi connectivity index (χ3n) is 5.89. The Morgan fingerprint density at radius 3 is 2.41 bits per heavy atom. The molecule has 0 aliphatic carbocycles. The van der Waals surface area contributed by atoms with Crippen LogP contribution < -0.4 is 0 Å². The van der Waals surface area contributed by atoms with Crippen LogP contribution in [0.15, 0.2) is 53.4 Å². The molecule has 9 nitrogen and oxygen atoms in total. The topological polar surface area (TPSA) is 102 Å². The molecule has 10 heteroatoms. The molecule has 2 aromatic carbocycles. The lowest BCUT2D eigenvalue weighted by Gasteiger charge is -2.25. The third-order valence-corrected chi connectivity index (χ3v) is 7.70. The number of fused-ring (bicyclic) bond motifs is 1. The van der Waals surface area contributed by atoms with Crippen molar-refractivity contribution >= 4 is 32.9 Å². The maximum Gasteiger partial charge on any atom is 0.306 e. The minimum atomic E-state index is -3.57. The van der Waals surface area contributed by atoms with Crippen LogP contribution in [0.3, 0.4) is 0 Å². The Kier molecular flexibility index (Phi) is 7.73. The van der Waals surface area contributed by atoms with Crippen molar-refractivity contribution in [2.45, 2.75) is 30.7 Å². The van der Waals surface area contributed by atoms with E-state index in [1.807, 2.05) is 41.8 Å². The molecule has 1 aromatic heterocycles. The first-order chi connectivity index (χ1) is 16.0. The lowest BCUT2D eigenvalue weighted by atomic mass is 10.1. The van der Waals surface area contributed by atoms with Gasteiger partial charge in [0.1, 0.15) is 5.82 Å². The SMILES string of the molecule is CC(c1ccccc1)N(C)C(=O)COC(=O)CCc1nc2cc(S(=O)(=O)N(C)C)ccc2n1C. The largest absolute Gasteiger partial charge is 0.456 e. The predicted molar refractivity (Wildman–Crippen MR) is 128 cm³/mol. The van der Waals surface area contributed by atoms with Crippen LogP contribution in [0.25, 0.3) is 11.0 Å². The van der Waals surface area contributed by atoms with Crippen LogP contribution in [0, 0.1) is 0 Å². The van der Waals surface area contributed by atoms with Crippen molar-refractivity contribution in [3.8, 4) is 0 Å². The number of hydrogen-bond acceptors (Lipinski definition) is 6. The second-order valence-electron chi connectivity index (χ2n) is 8.28. The third kappa shape index (κ3) is 5.45. The van der Waals surface area contributed by atoms with Crippen molar-refractivity contribution in [2.24, 2.45) is 7.05 Å². The molecule has 1 heterocycles. The number of sulfonamides is 1. The van der Waals surface area contributed by atoms with Gasteiger partial charge in [-0.2, -0.15) is 0 Å². The van der Waals surface area contributed by atoms with Gasteiger partial charge in [0.25, 0.3) is 5.91 Å². The Morgan fingerprint density at radius 1 is 1.09 bits per heavy atom. The molecule has 3 rings (SSSR count). The first kappa shape index (κ1) is 25.4. The summed E-state index contributed by atoms with van der Waals surface area (Å²) in [5.41, 5.74) is 2.28. The van der Waals surface area contributed by atoms with Crippen molar-refractivity contribution in [3.63, 3.8) is 0 Å². The van der Waals surface area contributed by atoms with Crippen LogP contribution in [0.5, 0.6) is 0 Å². The summed E-state index contributed by atoms with van der Waals surface area (Å²) < 4.78 is 32.9. The number of carbonyl (C=O) groups excluding carboxylic acids is 2. The van der Waals surface area contributed by atoms with E-state index in [2.05, 4.69) is 4.98 Å².